The van der Waals surface area contributed by atoms with Crippen molar-refractivity contribution in [2.24, 2.45) is 0 Å². The molecular formula is C24H17N3O3S. The molecule has 3 heterocycles. The minimum atomic E-state index is -0.428. The van der Waals surface area contributed by atoms with E-state index in [4.69, 9.17) is 4.42 Å². The van der Waals surface area contributed by atoms with E-state index in [1.165, 1.54) is 22.3 Å². The summed E-state index contributed by atoms with van der Waals surface area (Å²) in [5.74, 6) is -0.453. The highest BCUT2D eigenvalue weighted by Crippen LogP contribution is 2.31. The number of hydrogen-bond acceptors (Lipinski definition) is 6. The van der Waals surface area contributed by atoms with Crippen LogP contribution in [0.15, 0.2) is 82.3 Å². The molecule has 0 spiro atoms. The van der Waals surface area contributed by atoms with Crippen LogP contribution in [0.1, 0.15) is 21.7 Å². The number of benzene rings is 2. The molecule has 5 aromatic rings. The zero-order valence-electron chi connectivity index (χ0n) is 16.6. The molecule has 0 fully saturated rings. The Morgan fingerprint density at radius 1 is 1.10 bits per heavy atom. The average Bonchev–Trinajstić information content (AvgIpc) is 3.20. The summed E-state index contributed by atoms with van der Waals surface area (Å²) in [5.41, 5.74) is 2.89. The lowest BCUT2D eigenvalue weighted by molar-refractivity contribution is 0.0959. The van der Waals surface area contributed by atoms with Crippen LogP contribution in [0.2, 0.25) is 0 Å². The van der Waals surface area contributed by atoms with Crippen molar-refractivity contribution in [1.29, 1.82) is 0 Å². The Morgan fingerprint density at radius 2 is 1.97 bits per heavy atom. The van der Waals surface area contributed by atoms with Gasteiger partial charge in [-0.3, -0.25) is 19.5 Å². The van der Waals surface area contributed by atoms with Crippen molar-refractivity contribution >= 4 is 43.6 Å². The highest BCUT2D eigenvalue weighted by atomic mass is 32.1. The van der Waals surface area contributed by atoms with Crippen molar-refractivity contribution in [3.8, 4) is 0 Å². The first-order chi connectivity index (χ1) is 15.1. The summed E-state index contributed by atoms with van der Waals surface area (Å²) in [4.78, 5) is 36.4. The molecule has 0 saturated carbocycles. The molecule has 0 bridgehead atoms. The molecule has 0 unspecified atom stereocenters. The number of nitrogens with zero attached hydrogens (tertiary/aromatic N) is 3. The van der Waals surface area contributed by atoms with Crippen LogP contribution in [-0.2, 0) is 6.54 Å². The Balaban J connectivity index is 1.62. The summed E-state index contributed by atoms with van der Waals surface area (Å²) >= 11 is 1.42. The zero-order valence-corrected chi connectivity index (χ0v) is 17.4. The first kappa shape index (κ1) is 19.1. The van der Waals surface area contributed by atoms with E-state index in [0.29, 0.717) is 16.1 Å². The van der Waals surface area contributed by atoms with E-state index in [-0.39, 0.29) is 17.7 Å². The highest BCUT2D eigenvalue weighted by molar-refractivity contribution is 7.22. The molecule has 2 aromatic carbocycles. The van der Waals surface area contributed by atoms with Gasteiger partial charge in [-0.05, 0) is 48.4 Å². The van der Waals surface area contributed by atoms with Gasteiger partial charge >= 0.3 is 0 Å². The lowest BCUT2D eigenvalue weighted by Gasteiger charge is -2.19. The number of hydrogen-bond donors (Lipinski definition) is 0. The molecule has 0 atom stereocenters. The number of thiazole rings is 1. The summed E-state index contributed by atoms with van der Waals surface area (Å²) in [7, 11) is 0. The van der Waals surface area contributed by atoms with Gasteiger partial charge < -0.3 is 4.42 Å². The van der Waals surface area contributed by atoms with E-state index in [0.717, 1.165) is 21.3 Å². The van der Waals surface area contributed by atoms with Crippen LogP contribution in [0.25, 0.3) is 21.2 Å². The lowest BCUT2D eigenvalue weighted by atomic mass is 10.2. The van der Waals surface area contributed by atoms with E-state index < -0.39 is 5.91 Å². The van der Waals surface area contributed by atoms with Crippen molar-refractivity contribution in [2.75, 3.05) is 4.90 Å². The predicted molar refractivity (Wildman–Crippen MR) is 122 cm³/mol. The molecule has 0 aliphatic rings. The van der Waals surface area contributed by atoms with Gasteiger partial charge in [-0.2, -0.15) is 0 Å². The Bertz CT molecular complexity index is 1470. The van der Waals surface area contributed by atoms with Gasteiger partial charge in [-0.15, -0.1) is 0 Å². The third-order valence-electron chi connectivity index (χ3n) is 4.92. The SMILES string of the molecule is Cc1ccc2nc(N(Cc3cccnc3)C(=O)c3cc(=O)c4ccccc4o3)sc2c1. The summed E-state index contributed by atoms with van der Waals surface area (Å²) in [5, 5.41) is 0.971. The third kappa shape index (κ3) is 3.71. The molecule has 5 rings (SSSR count). The molecule has 0 saturated heterocycles. The number of aryl methyl sites for hydroxylation is 1. The highest BCUT2D eigenvalue weighted by Gasteiger charge is 2.25. The van der Waals surface area contributed by atoms with Crippen LogP contribution < -0.4 is 10.3 Å². The van der Waals surface area contributed by atoms with E-state index in [9.17, 15) is 9.59 Å². The van der Waals surface area contributed by atoms with Gasteiger partial charge in [-0.1, -0.05) is 35.6 Å². The second-order valence-electron chi connectivity index (χ2n) is 7.19. The Hall–Kier alpha value is -3.84. The van der Waals surface area contributed by atoms with Crippen molar-refractivity contribution in [3.63, 3.8) is 0 Å². The van der Waals surface area contributed by atoms with Gasteiger partial charge in [0.2, 0.25) is 0 Å². The van der Waals surface area contributed by atoms with Gasteiger partial charge in [0.15, 0.2) is 16.3 Å². The van der Waals surface area contributed by atoms with Crippen LogP contribution in [0.5, 0.6) is 0 Å². The molecule has 31 heavy (non-hydrogen) atoms. The monoisotopic (exact) mass is 427 g/mol. The van der Waals surface area contributed by atoms with Crippen LogP contribution in [-0.4, -0.2) is 15.9 Å². The molecule has 6 nitrogen and oxygen atoms in total. The van der Waals surface area contributed by atoms with Gasteiger partial charge in [0.05, 0.1) is 22.1 Å². The van der Waals surface area contributed by atoms with Gasteiger partial charge in [0.1, 0.15) is 5.58 Å². The van der Waals surface area contributed by atoms with Gasteiger partial charge in [0.25, 0.3) is 5.91 Å². The molecule has 0 radical (unpaired) electrons. The topological polar surface area (TPSA) is 76.3 Å². The van der Waals surface area contributed by atoms with Crippen LogP contribution in [0.3, 0.4) is 0 Å². The maximum absolute atomic E-state index is 13.5. The second kappa shape index (κ2) is 7.77. The fraction of sp³-hybridized carbons (Fsp3) is 0.0833. The van der Waals surface area contributed by atoms with E-state index in [2.05, 4.69) is 9.97 Å². The van der Waals surface area contributed by atoms with Crippen molar-refractivity contribution in [2.45, 2.75) is 13.5 Å². The quantitative estimate of drug-likeness (QED) is 0.405. The number of aromatic nitrogens is 2. The van der Waals surface area contributed by atoms with Crippen molar-refractivity contribution in [1.82, 2.24) is 9.97 Å². The normalized spacial score (nSPS) is 11.1. The van der Waals surface area contributed by atoms with Crippen LogP contribution >= 0.6 is 11.3 Å². The first-order valence-electron chi connectivity index (χ1n) is 9.69. The summed E-state index contributed by atoms with van der Waals surface area (Å²) in [6, 6.07) is 17.8. The zero-order chi connectivity index (χ0) is 21.4. The Kier molecular flexibility index (Phi) is 4.80. The fourth-order valence-electron chi connectivity index (χ4n) is 3.38. The Morgan fingerprint density at radius 3 is 2.81 bits per heavy atom. The Labute approximate surface area is 181 Å². The minimum Gasteiger partial charge on any atom is -0.451 e. The third-order valence-corrected chi connectivity index (χ3v) is 5.96. The van der Waals surface area contributed by atoms with Gasteiger partial charge in [0, 0.05) is 18.5 Å². The standard InChI is InChI=1S/C24H17N3O3S/c1-15-8-9-18-22(11-15)31-24(26-18)27(14-16-5-4-10-25-13-16)23(29)21-12-19(28)17-6-2-3-7-20(17)30-21/h2-13H,14H2,1H3. The summed E-state index contributed by atoms with van der Waals surface area (Å²) in [6.07, 6.45) is 3.38. The molecule has 0 aliphatic carbocycles. The lowest BCUT2D eigenvalue weighted by Crippen LogP contribution is -2.31. The van der Waals surface area contributed by atoms with E-state index in [1.807, 2.05) is 37.3 Å². The number of rotatable bonds is 4. The number of carbonyl (C=O) groups is 1. The van der Waals surface area contributed by atoms with Crippen LogP contribution in [0.4, 0.5) is 5.13 Å². The number of amides is 1. The molecular weight excluding hydrogens is 410 g/mol. The summed E-state index contributed by atoms with van der Waals surface area (Å²) < 4.78 is 6.79. The average molecular weight is 427 g/mol. The molecule has 3 aromatic heterocycles. The predicted octanol–water partition coefficient (Wildman–Crippen LogP) is 4.95. The molecule has 152 valence electrons. The maximum Gasteiger partial charge on any atom is 0.296 e. The molecule has 7 heteroatoms. The summed E-state index contributed by atoms with van der Waals surface area (Å²) in [6.45, 7) is 2.27. The van der Waals surface area contributed by atoms with Gasteiger partial charge in [-0.25, -0.2) is 4.98 Å². The molecule has 0 N–H and O–H groups in total. The van der Waals surface area contributed by atoms with Crippen LogP contribution in [0, 0.1) is 6.92 Å². The number of anilines is 1. The van der Waals surface area contributed by atoms with E-state index >= 15 is 0 Å². The largest absolute Gasteiger partial charge is 0.451 e. The maximum atomic E-state index is 13.5. The second-order valence-corrected chi connectivity index (χ2v) is 8.20. The van der Waals surface area contributed by atoms with Crippen molar-refractivity contribution < 1.29 is 9.21 Å². The molecule has 1 amide bonds. The minimum absolute atomic E-state index is 0.0250. The number of pyridine rings is 1. The fourth-order valence-corrected chi connectivity index (χ4v) is 4.44. The smallest absolute Gasteiger partial charge is 0.296 e. The van der Waals surface area contributed by atoms with Crippen molar-refractivity contribution in [3.05, 3.63) is 100 Å². The molecule has 0 aliphatic heterocycles. The first-order valence-corrected chi connectivity index (χ1v) is 10.5. The number of carbonyl (C=O) groups excluding carboxylic acids is 1. The number of para-hydroxylation sites is 1. The van der Waals surface area contributed by atoms with E-state index in [1.54, 1.807) is 36.7 Å². The number of fused-ring (bicyclic) bond motifs is 2.